The molecule has 0 amide bonds. The van der Waals surface area contributed by atoms with Crippen LogP contribution in [-0.2, 0) is 13.0 Å². The molecule has 2 unspecified atom stereocenters. The molecule has 0 spiro atoms. The first-order valence-corrected chi connectivity index (χ1v) is 7.80. The minimum absolute atomic E-state index is 0.00889. The fourth-order valence-corrected chi connectivity index (χ4v) is 3.44. The lowest BCUT2D eigenvalue weighted by Crippen LogP contribution is -2.28. The van der Waals surface area contributed by atoms with E-state index in [1.165, 1.54) is 17.5 Å². The largest absolute Gasteiger partial charge is 0.464 e. The van der Waals surface area contributed by atoms with Crippen LogP contribution in [0.25, 0.3) is 0 Å². The highest BCUT2D eigenvalue weighted by atomic mass is 16.3. The number of aliphatic hydroxyl groups excluding tert-OH is 1. The summed E-state index contributed by atoms with van der Waals surface area (Å²) in [4.78, 5) is 0. The third kappa shape index (κ3) is 2.41. The van der Waals surface area contributed by atoms with Crippen LogP contribution in [0, 0.1) is 5.92 Å². The lowest BCUT2D eigenvalue weighted by atomic mass is 10.1. The number of fused-ring (bicyclic) bond motifs is 1. The molecule has 0 aliphatic heterocycles. The molecule has 2 N–H and O–H groups in total. The minimum atomic E-state index is -0.347. The first-order valence-electron chi connectivity index (χ1n) is 7.80. The number of hydrogen-bond donors (Lipinski definition) is 2. The van der Waals surface area contributed by atoms with Crippen molar-refractivity contribution in [3.05, 3.63) is 59.0 Å². The molecule has 3 heteroatoms. The van der Waals surface area contributed by atoms with Crippen LogP contribution < -0.4 is 5.32 Å². The van der Waals surface area contributed by atoms with Gasteiger partial charge in [-0.2, -0.15) is 0 Å². The molecule has 1 saturated carbocycles. The number of nitrogens with one attached hydrogen (secondary N) is 1. The van der Waals surface area contributed by atoms with Crippen molar-refractivity contribution in [2.24, 2.45) is 5.92 Å². The first-order chi connectivity index (χ1) is 10.2. The maximum atomic E-state index is 10.2. The summed E-state index contributed by atoms with van der Waals surface area (Å²) in [6.45, 7) is 2.92. The van der Waals surface area contributed by atoms with Gasteiger partial charge in [-0.15, -0.1) is 0 Å². The highest BCUT2D eigenvalue weighted by Gasteiger charge is 2.36. The monoisotopic (exact) mass is 283 g/mol. The predicted molar refractivity (Wildman–Crippen MR) is 81.0 cm³/mol. The normalized spacial score (nSPS) is 30.4. The van der Waals surface area contributed by atoms with Gasteiger partial charge >= 0.3 is 0 Å². The van der Waals surface area contributed by atoms with Gasteiger partial charge in [-0.1, -0.05) is 31.2 Å². The SMILES string of the molecule is CC1CC1c1ccc(CN[C@@H]2c3ccccc3C[C@@H]2O)o1. The Kier molecular flexibility index (Phi) is 3.12. The average Bonchev–Trinajstić information content (AvgIpc) is 2.92. The molecule has 2 aliphatic rings. The maximum Gasteiger partial charge on any atom is 0.117 e. The van der Waals surface area contributed by atoms with E-state index in [2.05, 4.69) is 36.5 Å². The van der Waals surface area contributed by atoms with Crippen LogP contribution in [0.4, 0.5) is 0 Å². The van der Waals surface area contributed by atoms with E-state index in [9.17, 15) is 5.11 Å². The molecule has 0 radical (unpaired) electrons. The summed E-state index contributed by atoms with van der Waals surface area (Å²) < 4.78 is 5.92. The van der Waals surface area contributed by atoms with E-state index in [4.69, 9.17) is 4.42 Å². The van der Waals surface area contributed by atoms with Crippen molar-refractivity contribution in [1.29, 1.82) is 0 Å². The molecule has 110 valence electrons. The predicted octanol–water partition coefficient (Wildman–Crippen LogP) is 3.15. The Morgan fingerprint density at radius 1 is 1.24 bits per heavy atom. The number of benzene rings is 1. The summed E-state index contributed by atoms with van der Waals surface area (Å²) >= 11 is 0. The topological polar surface area (TPSA) is 45.4 Å². The van der Waals surface area contributed by atoms with Gasteiger partial charge in [0.2, 0.25) is 0 Å². The van der Waals surface area contributed by atoms with E-state index in [1.54, 1.807) is 0 Å². The van der Waals surface area contributed by atoms with Crippen molar-refractivity contribution in [3.63, 3.8) is 0 Å². The van der Waals surface area contributed by atoms with Gasteiger partial charge in [-0.05, 0) is 35.6 Å². The Bertz CT molecular complexity index is 648. The molecule has 1 aromatic heterocycles. The van der Waals surface area contributed by atoms with Crippen LogP contribution >= 0.6 is 0 Å². The highest BCUT2D eigenvalue weighted by molar-refractivity contribution is 5.36. The van der Waals surface area contributed by atoms with Crippen molar-refractivity contribution in [3.8, 4) is 0 Å². The molecule has 21 heavy (non-hydrogen) atoms. The molecule has 2 aromatic rings. The second-order valence-corrected chi connectivity index (χ2v) is 6.45. The average molecular weight is 283 g/mol. The van der Waals surface area contributed by atoms with Gasteiger partial charge in [-0.3, -0.25) is 0 Å². The Morgan fingerprint density at radius 2 is 2.05 bits per heavy atom. The Morgan fingerprint density at radius 3 is 2.86 bits per heavy atom. The van der Waals surface area contributed by atoms with Crippen LogP contribution in [0.2, 0.25) is 0 Å². The van der Waals surface area contributed by atoms with Crippen LogP contribution in [-0.4, -0.2) is 11.2 Å². The zero-order valence-corrected chi connectivity index (χ0v) is 12.3. The number of furan rings is 1. The first kappa shape index (κ1) is 13.1. The van der Waals surface area contributed by atoms with Gasteiger partial charge in [0.25, 0.3) is 0 Å². The summed E-state index contributed by atoms with van der Waals surface area (Å²) in [5, 5.41) is 13.7. The van der Waals surface area contributed by atoms with E-state index in [1.807, 2.05) is 12.1 Å². The molecule has 0 bridgehead atoms. The lowest BCUT2D eigenvalue weighted by Gasteiger charge is -2.17. The zero-order chi connectivity index (χ0) is 14.4. The molecule has 3 nitrogen and oxygen atoms in total. The minimum Gasteiger partial charge on any atom is -0.464 e. The molecule has 1 fully saturated rings. The Hall–Kier alpha value is -1.58. The van der Waals surface area contributed by atoms with Crippen LogP contribution in [0.1, 0.15) is 48.0 Å². The van der Waals surface area contributed by atoms with Crippen molar-refractivity contribution < 1.29 is 9.52 Å². The smallest absolute Gasteiger partial charge is 0.117 e. The molecule has 2 aliphatic carbocycles. The van der Waals surface area contributed by atoms with Gasteiger partial charge in [0.1, 0.15) is 11.5 Å². The molecule has 1 heterocycles. The Balaban J connectivity index is 1.44. The molecular weight excluding hydrogens is 262 g/mol. The van der Waals surface area contributed by atoms with Gasteiger partial charge in [0, 0.05) is 12.3 Å². The lowest BCUT2D eigenvalue weighted by molar-refractivity contribution is 0.139. The molecular formula is C18H21NO2. The van der Waals surface area contributed by atoms with Crippen molar-refractivity contribution in [2.45, 2.75) is 44.4 Å². The summed E-state index contributed by atoms with van der Waals surface area (Å²) in [5.41, 5.74) is 2.46. The van der Waals surface area contributed by atoms with Crippen molar-refractivity contribution in [1.82, 2.24) is 5.32 Å². The van der Waals surface area contributed by atoms with E-state index in [-0.39, 0.29) is 12.1 Å². The number of hydrogen-bond acceptors (Lipinski definition) is 3. The Labute approximate surface area is 125 Å². The standard InChI is InChI=1S/C18H21NO2/c1-11-8-15(11)17-7-6-13(21-17)10-19-18-14-5-3-2-4-12(14)9-16(18)20/h2-7,11,15-16,18-20H,8-10H2,1H3/t11?,15?,16-,18+/m0/s1. The fourth-order valence-electron chi connectivity index (χ4n) is 3.44. The van der Waals surface area contributed by atoms with Gasteiger partial charge in [0.15, 0.2) is 0 Å². The van der Waals surface area contributed by atoms with Gasteiger partial charge in [0.05, 0.1) is 18.7 Å². The van der Waals surface area contributed by atoms with Gasteiger partial charge < -0.3 is 14.8 Å². The maximum absolute atomic E-state index is 10.2. The van der Waals surface area contributed by atoms with Crippen LogP contribution in [0.3, 0.4) is 0 Å². The third-order valence-electron chi connectivity index (χ3n) is 4.86. The van der Waals surface area contributed by atoms with Crippen molar-refractivity contribution in [2.75, 3.05) is 0 Å². The van der Waals surface area contributed by atoms with Crippen molar-refractivity contribution >= 4 is 0 Å². The number of aliphatic hydroxyl groups is 1. The highest BCUT2D eigenvalue weighted by Crippen LogP contribution is 2.47. The van der Waals surface area contributed by atoms with Crippen LogP contribution in [0.5, 0.6) is 0 Å². The second kappa shape index (κ2) is 5.00. The molecule has 0 saturated heterocycles. The van der Waals surface area contributed by atoms with Crippen LogP contribution in [0.15, 0.2) is 40.8 Å². The van der Waals surface area contributed by atoms with E-state index >= 15 is 0 Å². The van der Waals surface area contributed by atoms with E-state index in [0.29, 0.717) is 12.5 Å². The molecule has 4 atom stereocenters. The van der Waals surface area contributed by atoms with Gasteiger partial charge in [-0.25, -0.2) is 0 Å². The number of rotatable bonds is 4. The molecule has 1 aromatic carbocycles. The summed E-state index contributed by atoms with van der Waals surface area (Å²) in [5.74, 6) is 3.46. The summed E-state index contributed by atoms with van der Waals surface area (Å²) in [6, 6.07) is 12.4. The summed E-state index contributed by atoms with van der Waals surface area (Å²) in [6.07, 6.45) is 1.63. The summed E-state index contributed by atoms with van der Waals surface area (Å²) in [7, 11) is 0. The van der Waals surface area contributed by atoms with E-state index in [0.717, 1.165) is 23.9 Å². The third-order valence-corrected chi connectivity index (χ3v) is 4.86. The fraction of sp³-hybridized carbons (Fsp3) is 0.444. The second-order valence-electron chi connectivity index (χ2n) is 6.45. The zero-order valence-electron chi connectivity index (χ0n) is 12.3. The quantitative estimate of drug-likeness (QED) is 0.906. The van der Waals surface area contributed by atoms with E-state index < -0.39 is 0 Å². The molecule has 4 rings (SSSR count).